The molecular weight excluding hydrogens is 182 g/mol. The molecule has 0 aromatic carbocycles. The van der Waals surface area contributed by atoms with E-state index in [0.717, 1.165) is 13.0 Å². The molecule has 0 aliphatic carbocycles. The average molecular weight is 199 g/mol. The summed E-state index contributed by atoms with van der Waals surface area (Å²) in [4.78, 5) is 25.9. The Bertz CT molecular complexity index is 240. The van der Waals surface area contributed by atoms with Crippen molar-refractivity contribution in [1.82, 2.24) is 9.80 Å². The van der Waals surface area contributed by atoms with E-state index in [-0.39, 0.29) is 18.2 Å². The van der Waals surface area contributed by atoms with Crippen LogP contribution in [0.5, 0.6) is 0 Å². The summed E-state index contributed by atoms with van der Waals surface area (Å²) in [7, 11) is 3.92. The van der Waals surface area contributed by atoms with Gasteiger partial charge < -0.3 is 10.6 Å². The molecule has 0 radical (unpaired) electrons. The minimum atomic E-state index is -0.609. The van der Waals surface area contributed by atoms with Crippen LogP contribution in [0.3, 0.4) is 0 Å². The number of rotatable bonds is 4. The van der Waals surface area contributed by atoms with Gasteiger partial charge in [-0.25, -0.2) is 0 Å². The van der Waals surface area contributed by atoms with Gasteiger partial charge in [0.25, 0.3) is 0 Å². The van der Waals surface area contributed by atoms with Crippen molar-refractivity contribution >= 4 is 11.8 Å². The van der Waals surface area contributed by atoms with E-state index in [0.29, 0.717) is 6.54 Å². The van der Waals surface area contributed by atoms with Crippen LogP contribution in [0.15, 0.2) is 0 Å². The molecule has 0 bridgehead atoms. The van der Waals surface area contributed by atoms with Crippen LogP contribution in [0.2, 0.25) is 0 Å². The van der Waals surface area contributed by atoms with Crippen molar-refractivity contribution in [1.29, 1.82) is 0 Å². The first kappa shape index (κ1) is 11.1. The largest absolute Gasteiger partial charge is 0.319 e. The molecule has 1 aliphatic rings. The number of imide groups is 1. The first-order valence-corrected chi connectivity index (χ1v) is 4.77. The average Bonchev–Trinajstić information content (AvgIpc) is 2.31. The second-order valence-electron chi connectivity index (χ2n) is 3.85. The smallest absolute Gasteiger partial charge is 0.246 e. The van der Waals surface area contributed by atoms with Crippen LogP contribution in [0.1, 0.15) is 12.8 Å². The maximum Gasteiger partial charge on any atom is 0.246 e. The van der Waals surface area contributed by atoms with Gasteiger partial charge in [-0.15, -0.1) is 0 Å². The number of carbonyl (C=O) groups excluding carboxylic acids is 2. The molecule has 1 aliphatic heterocycles. The molecular formula is C9H17N3O2. The molecule has 5 nitrogen and oxygen atoms in total. The predicted octanol–water partition coefficient (Wildman–Crippen LogP) is -0.976. The van der Waals surface area contributed by atoms with Gasteiger partial charge in [-0.3, -0.25) is 14.5 Å². The molecule has 0 aromatic rings. The number of nitrogens with zero attached hydrogens (tertiary/aromatic N) is 2. The highest BCUT2D eigenvalue weighted by molar-refractivity contribution is 6.05. The van der Waals surface area contributed by atoms with Crippen LogP contribution in [0, 0.1) is 0 Å². The molecule has 1 saturated heterocycles. The Labute approximate surface area is 83.8 Å². The number of carbonyl (C=O) groups is 2. The molecule has 0 aromatic heterocycles. The van der Waals surface area contributed by atoms with Crippen molar-refractivity contribution in [2.75, 3.05) is 27.2 Å². The Morgan fingerprint density at radius 3 is 2.57 bits per heavy atom. The zero-order chi connectivity index (χ0) is 10.7. The lowest BCUT2D eigenvalue weighted by Crippen LogP contribution is -2.36. The summed E-state index contributed by atoms with van der Waals surface area (Å²) in [5.74, 6) is -0.366. The zero-order valence-electron chi connectivity index (χ0n) is 8.69. The third kappa shape index (κ3) is 2.52. The Morgan fingerprint density at radius 1 is 1.50 bits per heavy atom. The lowest BCUT2D eigenvalue weighted by Gasteiger charge is -2.15. The zero-order valence-corrected chi connectivity index (χ0v) is 8.69. The quantitative estimate of drug-likeness (QED) is 0.591. The molecule has 1 heterocycles. The molecule has 2 amide bonds. The fourth-order valence-corrected chi connectivity index (χ4v) is 1.49. The van der Waals surface area contributed by atoms with Gasteiger partial charge in [0.15, 0.2) is 0 Å². The minimum absolute atomic E-state index is 0.138. The summed E-state index contributed by atoms with van der Waals surface area (Å²) in [6.45, 7) is 1.36. The van der Waals surface area contributed by atoms with E-state index in [4.69, 9.17) is 5.73 Å². The minimum Gasteiger partial charge on any atom is -0.319 e. The van der Waals surface area contributed by atoms with Gasteiger partial charge in [0.2, 0.25) is 11.8 Å². The van der Waals surface area contributed by atoms with Crippen LogP contribution >= 0.6 is 0 Å². The van der Waals surface area contributed by atoms with Crippen LogP contribution in [-0.2, 0) is 9.59 Å². The lowest BCUT2D eigenvalue weighted by atomic mass is 10.3. The molecule has 0 unspecified atom stereocenters. The van der Waals surface area contributed by atoms with Crippen LogP contribution in [0.25, 0.3) is 0 Å². The Kier molecular flexibility index (Phi) is 3.60. The maximum absolute atomic E-state index is 11.4. The van der Waals surface area contributed by atoms with Crippen LogP contribution in [0.4, 0.5) is 0 Å². The van der Waals surface area contributed by atoms with Gasteiger partial charge in [0.05, 0.1) is 12.5 Å². The van der Waals surface area contributed by atoms with Gasteiger partial charge >= 0.3 is 0 Å². The molecule has 5 heteroatoms. The molecule has 2 N–H and O–H groups in total. The number of hydrogen-bond donors (Lipinski definition) is 1. The Hall–Kier alpha value is -0.940. The van der Waals surface area contributed by atoms with Crippen LogP contribution in [-0.4, -0.2) is 54.8 Å². The summed E-state index contributed by atoms with van der Waals surface area (Å²) >= 11 is 0. The normalized spacial score (nSPS) is 22.6. The molecule has 1 rings (SSSR count). The van der Waals surface area contributed by atoms with E-state index in [1.165, 1.54) is 4.90 Å². The monoisotopic (exact) mass is 199 g/mol. The lowest BCUT2D eigenvalue weighted by molar-refractivity contribution is -0.138. The SMILES string of the molecule is CN(C)CCCN1C(=O)C[C@H](N)C1=O. The van der Waals surface area contributed by atoms with Gasteiger partial charge in [-0.1, -0.05) is 0 Å². The number of hydrogen-bond acceptors (Lipinski definition) is 4. The summed E-state index contributed by atoms with van der Waals surface area (Å²) in [5.41, 5.74) is 5.47. The summed E-state index contributed by atoms with van der Waals surface area (Å²) < 4.78 is 0. The highest BCUT2D eigenvalue weighted by Crippen LogP contribution is 2.11. The topological polar surface area (TPSA) is 66.6 Å². The van der Waals surface area contributed by atoms with E-state index in [9.17, 15) is 9.59 Å². The summed E-state index contributed by atoms with van der Waals surface area (Å²) in [5, 5.41) is 0. The van der Waals surface area contributed by atoms with Gasteiger partial charge in [0.1, 0.15) is 0 Å². The molecule has 14 heavy (non-hydrogen) atoms. The first-order valence-electron chi connectivity index (χ1n) is 4.77. The summed E-state index contributed by atoms with van der Waals surface area (Å²) in [6.07, 6.45) is 0.970. The van der Waals surface area contributed by atoms with Gasteiger partial charge in [-0.2, -0.15) is 0 Å². The van der Waals surface area contributed by atoms with Crippen molar-refractivity contribution < 1.29 is 9.59 Å². The maximum atomic E-state index is 11.4. The fourth-order valence-electron chi connectivity index (χ4n) is 1.49. The van der Waals surface area contributed by atoms with Crippen molar-refractivity contribution in [2.45, 2.75) is 18.9 Å². The second kappa shape index (κ2) is 4.52. The third-order valence-electron chi connectivity index (χ3n) is 2.27. The van der Waals surface area contributed by atoms with E-state index in [1.54, 1.807) is 0 Å². The van der Waals surface area contributed by atoms with Crippen molar-refractivity contribution in [2.24, 2.45) is 5.73 Å². The molecule has 1 fully saturated rings. The van der Waals surface area contributed by atoms with Crippen molar-refractivity contribution in [3.63, 3.8) is 0 Å². The molecule has 0 saturated carbocycles. The molecule has 1 atom stereocenters. The van der Waals surface area contributed by atoms with E-state index >= 15 is 0 Å². The second-order valence-corrected chi connectivity index (χ2v) is 3.85. The van der Waals surface area contributed by atoms with Crippen LogP contribution < -0.4 is 5.73 Å². The van der Waals surface area contributed by atoms with E-state index in [2.05, 4.69) is 0 Å². The third-order valence-corrected chi connectivity index (χ3v) is 2.27. The van der Waals surface area contributed by atoms with E-state index < -0.39 is 6.04 Å². The Morgan fingerprint density at radius 2 is 2.14 bits per heavy atom. The Balaban J connectivity index is 2.37. The van der Waals surface area contributed by atoms with Gasteiger partial charge in [-0.05, 0) is 27.1 Å². The predicted molar refractivity (Wildman–Crippen MR) is 52.5 cm³/mol. The fraction of sp³-hybridized carbons (Fsp3) is 0.778. The highest BCUT2D eigenvalue weighted by atomic mass is 16.2. The standard InChI is InChI=1S/C9H17N3O2/c1-11(2)4-3-5-12-8(13)6-7(10)9(12)14/h7H,3-6,10H2,1-2H3/t7-/m0/s1. The number of nitrogens with two attached hydrogens (primary N) is 1. The molecule has 80 valence electrons. The number of amides is 2. The number of likely N-dealkylation sites (tertiary alicyclic amines) is 1. The first-order chi connectivity index (χ1) is 6.52. The summed E-state index contributed by atoms with van der Waals surface area (Å²) in [6, 6.07) is -0.609. The van der Waals surface area contributed by atoms with Crippen molar-refractivity contribution in [3.8, 4) is 0 Å². The molecule has 0 spiro atoms. The van der Waals surface area contributed by atoms with Crippen molar-refractivity contribution in [3.05, 3.63) is 0 Å². The van der Waals surface area contributed by atoms with Gasteiger partial charge in [0, 0.05) is 6.54 Å². The van der Waals surface area contributed by atoms with E-state index in [1.807, 2.05) is 19.0 Å². The highest BCUT2D eigenvalue weighted by Gasteiger charge is 2.35.